The highest BCUT2D eigenvalue weighted by atomic mass is 16.7. The van der Waals surface area contributed by atoms with E-state index < -0.39 is 49.5 Å². The third-order valence-electron chi connectivity index (χ3n) is 17.7. The SMILES string of the molecule is CCCCCCC/C=C\CCCCCCCC(=O)OCCCCCCCCCCCCCCCC/C=C\CCCCCCCCCCCCCCCCCCCC(=O)NC(COC1OC(CO)C(O)C(O)C1O)C(O)/C=C/CCCCCCCCC. The number of nitrogens with one attached hydrogen (secondary N) is 1. The van der Waals surface area contributed by atoms with Crippen molar-refractivity contribution in [2.75, 3.05) is 19.8 Å². The van der Waals surface area contributed by atoms with Crippen LogP contribution in [0.25, 0.3) is 0 Å². The maximum Gasteiger partial charge on any atom is 0.305 e. The number of esters is 1. The summed E-state index contributed by atoms with van der Waals surface area (Å²) in [5, 5.41) is 54.3. The molecule has 11 heteroatoms. The molecule has 0 spiro atoms. The molecular weight excluding hydrogens is 1070 g/mol. The molecule has 6 N–H and O–H groups in total. The lowest BCUT2D eigenvalue weighted by Gasteiger charge is -2.40. The predicted molar refractivity (Wildman–Crippen MR) is 361 cm³/mol. The van der Waals surface area contributed by atoms with Gasteiger partial charge in [-0.15, -0.1) is 0 Å². The Balaban J connectivity index is 1.88. The monoisotopic (exact) mass is 1220 g/mol. The zero-order chi connectivity index (χ0) is 62.3. The van der Waals surface area contributed by atoms with E-state index >= 15 is 0 Å². The number of hydrogen-bond donors (Lipinski definition) is 6. The fourth-order valence-electron chi connectivity index (χ4n) is 11.8. The van der Waals surface area contributed by atoms with Crippen LogP contribution in [0.15, 0.2) is 36.5 Å². The molecule has 0 aromatic carbocycles. The van der Waals surface area contributed by atoms with Crippen LogP contribution in [0.1, 0.15) is 367 Å². The molecule has 1 aliphatic rings. The van der Waals surface area contributed by atoms with Gasteiger partial charge < -0.3 is 45.1 Å². The van der Waals surface area contributed by atoms with Crippen LogP contribution in [0, 0.1) is 0 Å². The molecule has 0 aliphatic carbocycles. The van der Waals surface area contributed by atoms with E-state index in [0.29, 0.717) is 19.4 Å². The molecule has 1 amide bonds. The van der Waals surface area contributed by atoms with Crippen molar-refractivity contribution in [3.63, 3.8) is 0 Å². The summed E-state index contributed by atoms with van der Waals surface area (Å²) in [4.78, 5) is 25.1. The summed E-state index contributed by atoms with van der Waals surface area (Å²) in [5.74, 6) is -0.174. The number of amides is 1. The number of carbonyl (C=O) groups excluding carboxylic acids is 2. The lowest BCUT2D eigenvalue weighted by Crippen LogP contribution is -2.60. The first-order valence-electron chi connectivity index (χ1n) is 37.3. The van der Waals surface area contributed by atoms with Gasteiger partial charge >= 0.3 is 5.97 Å². The van der Waals surface area contributed by atoms with Crippen LogP contribution in [0.4, 0.5) is 0 Å². The topological polar surface area (TPSA) is 175 Å². The van der Waals surface area contributed by atoms with Crippen LogP contribution < -0.4 is 5.32 Å². The van der Waals surface area contributed by atoms with Crippen molar-refractivity contribution in [3.8, 4) is 0 Å². The van der Waals surface area contributed by atoms with Crippen molar-refractivity contribution in [3.05, 3.63) is 36.5 Å². The lowest BCUT2D eigenvalue weighted by atomic mass is 9.99. The summed E-state index contributed by atoms with van der Waals surface area (Å²) in [6.45, 7) is 4.34. The van der Waals surface area contributed by atoms with E-state index in [0.717, 1.165) is 57.8 Å². The minimum atomic E-state index is -1.57. The third-order valence-corrected chi connectivity index (χ3v) is 17.7. The number of aliphatic hydroxyl groups is 5. The average molecular weight is 1220 g/mol. The molecule has 7 atom stereocenters. The van der Waals surface area contributed by atoms with E-state index in [4.69, 9.17) is 14.2 Å². The second-order valence-corrected chi connectivity index (χ2v) is 26.0. The predicted octanol–water partition coefficient (Wildman–Crippen LogP) is 19.4. The van der Waals surface area contributed by atoms with Crippen LogP contribution in [-0.2, 0) is 23.8 Å². The number of allylic oxidation sites excluding steroid dienone is 5. The van der Waals surface area contributed by atoms with E-state index in [2.05, 4.69) is 43.5 Å². The van der Waals surface area contributed by atoms with Gasteiger partial charge in [0.2, 0.25) is 5.91 Å². The molecule has 1 aliphatic heterocycles. The highest BCUT2D eigenvalue weighted by Gasteiger charge is 2.44. The Labute approximate surface area is 530 Å². The summed E-state index contributed by atoms with van der Waals surface area (Å²) in [7, 11) is 0. The highest BCUT2D eigenvalue weighted by Crippen LogP contribution is 2.23. The number of carbonyl (C=O) groups is 2. The van der Waals surface area contributed by atoms with E-state index in [1.807, 2.05) is 6.08 Å². The molecule has 0 radical (unpaired) electrons. The second-order valence-electron chi connectivity index (χ2n) is 26.0. The average Bonchev–Trinajstić information content (AvgIpc) is 3.57. The Morgan fingerprint density at radius 3 is 1.12 bits per heavy atom. The minimum Gasteiger partial charge on any atom is -0.466 e. The van der Waals surface area contributed by atoms with Gasteiger partial charge in [0.1, 0.15) is 24.4 Å². The molecular formula is C75H141NO10. The van der Waals surface area contributed by atoms with Crippen LogP contribution in [0.2, 0.25) is 0 Å². The summed E-state index contributed by atoms with van der Waals surface area (Å²) in [6, 6.07) is -0.806. The van der Waals surface area contributed by atoms with Crippen LogP contribution in [0.5, 0.6) is 0 Å². The van der Waals surface area contributed by atoms with E-state index in [-0.39, 0.29) is 18.5 Å². The Hall–Kier alpha value is -2.12. The summed E-state index contributed by atoms with van der Waals surface area (Å²) in [5.41, 5.74) is 0. The number of rotatable bonds is 66. The molecule has 506 valence electrons. The zero-order valence-corrected chi connectivity index (χ0v) is 56.3. The number of hydrogen-bond acceptors (Lipinski definition) is 10. The van der Waals surface area contributed by atoms with Crippen molar-refractivity contribution in [2.24, 2.45) is 0 Å². The molecule has 7 unspecified atom stereocenters. The molecule has 1 heterocycles. The summed E-state index contributed by atoms with van der Waals surface area (Å²) in [6.07, 6.45) is 73.2. The summed E-state index contributed by atoms with van der Waals surface area (Å²) >= 11 is 0. The molecule has 11 nitrogen and oxygen atoms in total. The lowest BCUT2D eigenvalue weighted by molar-refractivity contribution is -0.302. The van der Waals surface area contributed by atoms with Gasteiger partial charge in [-0.05, 0) is 83.5 Å². The van der Waals surface area contributed by atoms with Gasteiger partial charge in [-0.3, -0.25) is 9.59 Å². The van der Waals surface area contributed by atoms with Crippen LogP contribution >= 0.6 is 0 Å². The van der Waals surface area contributed by atoms with Crippen molar-refractivity contribution in [1.29, 1.82) is 0 Å². The Bertz CT molecular complexity index is 1520. The maximum atomic E-state index is 13.0. The first-order chi connectivity index (χ1) is 42.2. The molecule has 0 aromatic rings. The minimum absolute atomic E-state index is 0.00526. The van der Waals surface area contributed by atoms with Crippen molar-refractivity contribution in [2.45, 2.75) is 410 Å². The Morgan fingerprint density at radius 1 is 0.419 bits per heavy atom. The van der Waals surface area contributed by atoms with Gasteiger partial charge in [0.25, 0.3) is 0 Å². The van der Waals surface area contributed by atoms with Gasteiger partial charge in [-0.25, -0.2) is 0 Å². The van der Waals surface area contributed by atoms with E-state index in [1.165, 1.54) is 283 Å². The maximum absolute atomic E-state index is 13.0. The molecule has 1 rings (SSSR count). The van der Waals surface area contributed by atoms with Gasteiger partial charge in [-0.2, -0.15) is 0 Å². The van der Waals surface area contributed by atoms with Gasteiger partial charge in [-0.1, -0.05) is 307 Å². The van der Waals surface area contributed by atoms with Crippen LogP contribution in [0.3, 0.4) is 0 Å². The number of unbranched alkanes of at least 4 members (excludes halogenated alkanes) is 48. The van der Waals surface area contributed by atoms with Gasteiger partial charge in [0.05, 0.1) is 32.0 Å². The fraction of sp³-hybridized carbons (Fsp3) is 0.893. The fourth-order valence-corrected chi connectivity index (χ4v) is 11.8. The highest BCUT2D eigenvalue weighted by molar-refractivity contribution is 5.76. The molecule has 0 aromatic heterocycles. The van der Waals surface area contributed by atoms with Crippen molar-refractivity contribution in [1.82, 2.24) is 5.32 Å². The van der Waals surface area contributed by atoms with Crippen LogP contribution in [-0.4, -0.2) is 100 Å². The first-order valence-corrected chi connectivity index (χ1v) is 37.3. The smallest absolute Gasteiger partial charge is 0.305 e. The molecule has 0 bridgehead atoms. The molecule has 86 heavy (non-hydrogen) atoms. The molecule has 0 saturated carbocycles. The molecule has 1 saturated heterocycles. The third kappa shape index (κ3) is 52.6. The quantitative estimate of drug-likeness (QED) is 0.0195. The molecule has 1 fully saturated rings. The van der Waals surface area contributed by atoms with Crippen molar-refractivity contribution < 1.29 is 49.3 Å². The van der Waals surface area contributed by atoms with Gasteiger partial charge in [0, 0.05) is 12.8 Å². The zero-order valence-electron chi connectivity index (χ0n) is 56.3. The Kier molecular flexibility index (Phi) is 61.3. The first kappa shape index (κ1) is 81.9. The van der Waals surface area contributed by atoms with E-state index in [9.17, 15) is 35.1 Å². The second kappa shape index (κ2) is 64.4. The number of ether oxygens (including phenoxy) is 3. The number of aliphatic hydroxyl groups excluding tert-OH is 5. The summed E-state index contributed by atoms with van der Waals surface area (Å²) < 4.78 is 16.7. The largest absolute Gasteiger partial charge is 0.466 e. The van der Waals surface area contributed by atoms with E-state index in [1.54, 1.807) is 6.08 Å². The van der Waals surface area contributed by atoms with Gasteiger partial charge in [0.15, 0.2) is 6.29 Å². The standard InChI is InChI=1S/C75H141NO10/c1-3-5-7-9-11-13-14-15-40-43-47-51-55-59-63-71(80)84-64-60-56-52-48-44-41-38-36-34-32-30-28-26-24-22-20-18-16-17-19-21-23-25-27-29-31-33-35-37-39-42-46-50-54-58-62-70(79)76-67(68(78)61-57-53-49-45-12-10-8-6-4-2)66-85-75-74(83)73(82)72(81)69(65-77)86-75/h14-15,18,20,57,61,67-69,72-75,77-78,81-83H,3-13,16-17,19,21-56,58-60,62-66H2,1-2H3,(H,76,79)/b15-14-,20-18-,61-57+. The normalized spacial score (nSPS) is 18.1. The Morgan fingerprint density at radius 2 is 0.744 bits per heavy atom. The van der Waals surface area contributed by atoms with Crippen molar-refractivity contribution >= 4 is 11.9 Å².